The smallest absolute Gasteiger partial charge is 0.425 e. The third kappa shape index (κ3) is 13.3. The van der Waals surface area contributed by atoms with Crippen LogP contribution >= 0.6 is 0 Å². The highest BCUT2D eigenvalue weighted by Crippen LogP contribution is 2.44. The van der Waals surface area contributed by atoms with E-state index in [-0.39, 0.29) is 66.3 Å². The Morgan fingerprint density at radius 3 is 1.36 bits per heavy atom. The predicted molar refractivity (Wildman–Crippen MR) is 245 cm³/mol. The van der Waals surface area contributed by atoms with Crippen LogP contribution in [0, 0.1) is 23.3 Å². The summed E-state index contributed by atoms with van der Waals surface area (Å²) in [5.74, 6) is -5.95. The van der Waals surface area contributed by atoms with Gasteiger partial charge in [0, 0.05) is 35.7 Å². The van der Waals surface area contributed by atoms with Gasteiger partial charge in [-0.1, -0.05) is 12.1 Å². The van der Waals surface area contributed by atoms with Crippen LogP contribution in [0.5, 0.6) is 34.8 Å². The molecule has 0 radical (unpaired) electrons. The van der Waals surface area contributed by atoms with E-state index in [1.807, 2.05) is 20.8 Å². The molecule has 0 aliphatic heterocycles. The predicted octanol–water partition coefficient (Wildman–Crippen LogP) is 10.4. The largest absolute Gasteiger partial charge is 0.490 e. The summed E-state index contributed by atoms with van der Waals surface area (Å²) in [4.78, 5) is 39.7. The van der Waals surface area contributed by atoms with E-state index in [1.54, 1.807) is 0 Å². The van der Waals surface area contributed by atoms with Crippen LogP contribution in [-0.4, -0.2) is 66.2 Å². The first-order chi connectivity index (χ1) is 35.0. The molecule has 0 atom stereocenters. The van der Waals surface area contributed by atoms with E-state index in [0.29, 0.717) is 11.0 Å². The molecule has 4 aromatic carbocycles. The first-order valence-corrected chi connectivity index (χ1v) is 21.8. The molecule has 0 fully saturated rings. The SMILES string of the molecule is CC(C)(C)OCCOc1ccnc(Oc2ccc3c(c2)c(=O)ncn3Cc2ccc(F)cc2F)c1C(F)(F)F.O=c1ncn(Cc2ccc(F)cc2F)c2ccc(Oc3nccc(OCCO)c3C(F)(F)F)cc12. The van der Waals surface area contributed by atoms with Crippen molar-refractivity contribution in [3.05, 3.63) is 176 Å². The number of fused-ring (bicyclic) bond motifs is 2. The molecular formula is C50H40F10N6O8. The fourth-order valence-electron chi connectivity index (χ4n) is 7.07. The van der Waals surface area contributed by atoms with Crippen molar-refractivity contribution in [2.24, 2.45) is 0 Å². The second-order valence-electron chi connectivity index (χ2n) is 16.7. The second kappa shape index (κ2) is 22.3. The van der Waals surface area contributed by atoms with E-state index < -0.39 is 93.3 Å². The van der Waals surface area contributed by atoms with Crippen LogP contribution in [-0.2, 0) is 30.2 Å². The van der Waals surface area contributed by atoms with Gasteiger partial charge in [-0.3, -0.25) is 9.59 Å². The Kier molecular flexibility index (Phi) is 16.2. The highest BCUT2D eigenvalue weighted by atomic mass is 19.4. The molecule has 4 aromatic heterocycles. The molecule has 14 nitrogen and oxygen atoms in total. The van der Waals surface area contributed by atoms with E-state index >= 15 is 0 Å². The van der Waals surface area contributed by atoms with E-state index in [0.717, 1.165) is 48.8 Å². The van der Waals surface area contributed by atoms with Crippen molar-refractivity contribution >= 4 is 21.8 Å². The number of alkyl halides is 6. The first-order valence-electron chi connectivity index (χ1n) is 21.8. The van der Waals surface area contributed by atoms with Crippen molar-refractivity contribution in [2.45, 2.75) is 51.8 Å². The van der Waals surface area contributed by atoms with Gasteiger partial charge >= 0.3 is 12.4 Å². The zero-order valence-electron chi connectivity index (χ0n) is 38.9. The molecule has 0 aliphatic rings. The van der Waals surface area contributed by atoms with E-state index in [2.05, 4.69) is 19.9 Å². The fourth-order valence-corrected chi connectivity index (χ4v) is 7.07. The molecule has 0 aliphatic carbocycles. The summed E-state index contributed by atoms with van der Waals surface area (Å²) in [6.07, 6.45) is -5.23. The number of benzene rings is 4. The lowest BCUT2D eigenvalue weighted by atomic mass is 10.2. The van der Waals surface area contributed by atoms with Crippen LogP contribution in [0.1, 0.15) is 43.0 Å². The third-order valence-electron chi connectivity index (χ3n) is 10.3. The van der Waals surface area contributed by atoms with Gasteiger partial charge in [-0.2, -0.15) is 36.3 Å². The van der Waals surface area contributed by atoms with Crippen LogP contribution < -0.4 is 30.1 Å². The summed E-state index contributed by atoms with van der Waals surface area (Å²) in [7, 11) is 0. The number of hydrogen-bond acceptors (Lipinski definition) is 12. The number of halogens is 10. The number of ether oxygens (including phenoxy) is 5. The normalized spacial score (nSPS) is 11.9. The lowest BCUT2D eigenvalue weighted by Gasteiger charge is -2.21. The minimum atomic E-state index is -4.89. The van der Waals surface area contributed by atoms with Crippen molar-refractivity contribution in [3.8, 4) is 34.8 Å². The topological polar surface area (TPSA) is 162 Å². The first kappa shape index (κ1) is 53.7. The van der Waals surface area contributed by atoms with Gasteiger partial charge < -0.3 is 37.9 Å². The number of aliphatic hydroxyl groups is 1. The molecule has 1 N–H and O–H groups in total. The molecule has 0 saturated carbocycles. The van der Waals surface area contributed by atoms with Gasteiger partial charge in [0.1, 0.15) is 59.5 Å². The van der Waals surface area contributed by atoms with Gasteiger partial charge in [0.2, 0.25) is 11.8 Å². The summed E-state index contributed by atoms with van der Waals surface area (Å²) < 4.78 is 167. The highest BCUT2D eigenvalue weighted by Gasteiger charge is 2.41. The molecule has 0 saturated heterocycles. The van der Waals surface area contributed by atoms with Gasteiger partial charge in [-0.25, -0.2) is 27.5 Å². The number of hydrogen-bond donors (Lipinski definition) is 1. The molecule has 0 amide bonds. The van der Waals surface area contributed by atoms with Crippen LogP contribution in [0.3, 0.4) is 0 Å². The van der Waals surface area contributed by atoms with Gasteiger partial charge in [-0.05, 0) is 81.4 Å². The van der Waals surface area contributed by atoms with Crippen LogP contribution in [0.15, 0.2) is 120 Å². The van der Waals surface area contributed by atoms with Crippen molar-refractivity contribution in [1.82, 2.24) is 29.1 Å². The summed E-state index contributed by atoms with van der Waals surface area (Å²) in [5.41, 5.74) is -3.48. The van der Waals surface area contributed by atoms with Crippen molar-refractivity contribution < 1.29 is 72.7 Å². The highest BCUT2D eigenvalue weighted by molar-refractivity contribution is 5.80. The maximum atomic E-state index is 14.2. The summed E-state index contributed by atoms with van der Waals surface area (Å²) in [6.45, 7) is 4.31. The molecular weight excluding hydrogens is 1000 g/mol. The minimum absolute atomic E-state index is 0.00577. The van der Waals surface area contributed by atoms with Crippen molar-refractivity contribution in [1.29, 1.82) is 0 Å². The zero-order chi connectivity index (χ0) is 53.5. The van der Waals surface area contributed by atoms with E-state index in [4.69, 9.17) is 28.8 Å². The summed E-state index contributed by atoms with van der Waals surface area (Å²) in [6, 6.07) is 16.1. The average Bonchev–Trinajstić information content (AvgIpc) is 3.32. The Morgan fingerprint density at radius 2 is 0.973 bits per heavy atom. The van der Waals surface area contributed by atoms with Crippen LogP contribution in [0.2, 0.25) is 0 Å². The van der Waals surface area contributed by atoms with E-state index in [1.165, 1.54) is 70.3 Å². The molecule has 24 heteroatoms. The molecule has 8 aromatic rings. The molecule has 0 spiro atoms. The number of aliphatic hydroxyl groups excluding tert-OH is 1. The second-order valence-corrected chi connectivity index (χ2v) is 16.7. The Labute approximate surface area is 412 Å². The number of rotatable bonds is 15. The van der Waals surface area contributed by atoms with Crippen molar-refractivity contribution in [3.63, 3.8) is 0 Å². The summed E-state index contributed by atoms with van der Waals surface area (Å²) >= 11 is 0. The quantitative estimate of drug-likeness (QED) is 0.0765. The number of nitrogens with zero attached hydrogens (tertiary/aromatic N) is 6. The fraction of sp³-hybridized carbons (Fsp3) is 0.240. The molecule has 8 rings (SSSR count). The minimum Gasteiger partial charge on any atom is -0.490 e. The maximum absolute atomic E-state index is 14.2. The number of aromatic nitrogens is 6. The monoisotopic (exact) mass is 1040 g/mol. The zero-order valence-corrected chi connectivity index (χ0v) is 38.9. The lowest BCUT2D eigenvalue weighted by molar-refractivity contribution is -0.141. The van der Waals surface area contributed by atoms with Gasteiger partial charge in [-0.15, -0.1) is 0 Å². The van der Waals surface area contributed by atoms with Gasteiger partial charge in [0.15, 0.2) is 11.1 Å². The number of pyridine rings is 2. The van der Waals surface area contributed by atoms with Gasteiger partial charge in [0.05, 0.1) is 66.4 Å². The molecule has 74 heavy (non-hydrogen) atoms. The van der Waals surface area contributed by atoms with Crippen molar-refractivity contribution in [2.75, 3.05) is 26.4 Å². The molecule has 388 valence electrons. The van der Waals surface area contributed by atoms with Gasteiger partial charge in [0.25, 0.3) is 11.1 Å². The van der Waals surface area contributed by atoms with Crippen LogP contribution in [0.4, 0.5) is 43.9 Å². The maximum Gasteiger partial charge on any atom is 0.425 e. The van der Waals surface area contributed by atoms with E-state index in [9.17, 15) is 53.5 Å². The Balaban J connectivity index is 0.000000217. The molecule has 0 bridgehead atoms. The third-order valence-corrected chi connectivity index (χ3v) is 10.3. The Bertz CT molecular complexity index is 3440. The standard InChI is InChI=1S/C27H24F5N3O4.C23H16F5N3O4/c1-26(2,3)38-11-10-37-22-8-9-33-25(23(22)27(30,31)32)39-18-6-7-21-19(13-18)24(36)34-15-35(21)14-16-4-5-17(28)12-20(16)29;24-14-2-1-13(17(25)9-14)11-31-12-30-21(33)16-10-15(3-4-18(16)31)35-22-20(23(26,27)28)19(5-6-29-22)34-8-7-32/h4-9,12-13,15H,10-11,14H2,1-3H3;1-6,9-10,12,32H,7-8,11H2. The molecule has 0 unspecified atom stereocenters. The average molecular weight is 1040 g/mol. The Hall–Kier alpha value is -8.12. The molecule has 4 heterocycles. The Morgan fingerprint density at radius 1 is 0.541 bits per heavy atom. The summed E-state index contributed by atoms with van der Waals surface area (Å²) in [5, 5.41) is 8.87. The lowest BCUT2D eigenvalue weighted by Crippen LogP contribution is -2.23. The van der Waals surface area contributed by atoms with Crippen LogP contribution in [0.25, 0.3) is 21.8 Å².